The van der Waals surface area contributed by atoms with E-state index in [9.17, 15) is 14.4 Å². The van der Waals surface area contributed by atoms with E-state index in [1.54, 1.807) is 0 Å². The molecular weight excluding hydrogens is 763 g/mol. The topological polar surface area (TPSA) is 91.4 Å². The summed E-state index contributed by atoms with van der Waals surface area (Å²) < 4.78 is 22.7. The van der Waals surface area contributed by atoms with Gasteiger partial charge >= 0.3 is 17.9 Å². The predicted molar refractivity (Wildman–Crippen MR) is 257 cm³/mol. The summed E-state index contributed by atoms with van der Waals surface area (Å²) in [5, 5.41) is 0. The summed E-state index contributed by atoms with van der Waals surface area (Å²) in [6, 6.07) is 0. The number of likely N-dealkylation sites (N-methyl/N-ethyl adjacent to an activating group) is 1. The number of esters is 3. The Bertz CT molecular complexity index is 901. The highest BCUT2D eigenvalue weighted by Gasteiger charge is 2.15. The molecule has 2 atom stereocenters. The van der Waals surface area contributed by atoms with Crippen LogP contribution >= 0.6 is 0 Å². The zero-order valence-corrected chi connectivity index (χ0v) is 41.5. The van der Waals surface area contributed by atoms with Crippen molar-refractivity contribution in [3.63, 3.8) is 0 Å². The molecular formula is C53H103NO7. The molecule has 0 saturated heterocycles. The number of unbranched alkanes of at least 4 members (excludes halogenated alkanes) is 18. The maximum absolute atomic E-state index is 12.5. The maximum atomic E-state index is 12.5. The van der Waals surface area contributed by atoms with Gasteiger partial charge in [0.15, 0.2) is 0 Å². The number of ether oxygens (including phenoxy) is 4. The summed E-state index contributed by atoms with van der Waals surface area (Å²) in [5.41, 5.74) is 0. The minimum atomic E-state index is -0.174. The van der Waals surface area contributed by atoms with Crippen LogP contribution in [-0.4, -0.2) is 76.5 Å². The van der Waals surface area contributed by atoms with Gasteiger partial charge in [0.2, 0.25) is 0 Å². The van der Waals surface area contributed by atoms with Gasteiger partial charge in [-0.25, -0.2) is 0 Å². The van der Waals surface area contributed by atoms with Gasteiger partial charge in [-0.15, -0.1) is 0 Å². The molecule has 0 rings (SSSR count). The third-order valence-electron chi connectivity index (χ3n) is 12.5. The van der Waals surface area contributed by atoms with Crippen LogP contribution in [-0.2, 0) is 33.3 Å². The molecule has 0 aromatic carbocycles. The lowest BCUT2D eigenvalue weighted by Gasteiger charge is -2.17. The van der Waals surface area contributed by atoms with E-state index in [-0.39, 0.29) is 17.9 Å². The van der Waals surface area contributed by atoms with Gasteiger partial charge in [-0.1, -0.05) is 195 Å². The van der Waals surface area contributed by atoms with Crippen molar-refractivity contribution in [2.24, 2.45) is 17.8 Å². The Balaban J connectivity index is 4.48. The van der Waals surface area contributed by atoms with Crippen molar-refractivity contribution in [1.82, 2.24) is 4.90 Å². The normalized spacial score (nSPS) is 13.0. The molecule has 0 bridgehead atoms. The fraction of sp³-hybridized carbons (Fsp3) is 0.943. The molecule has 0 aromatic rings. The van der Waals surface area contributed by atoms with Gasteiger partial charge in [0, 0.05) is 19.4 Å². The van der Waals surface area contributed by atoms with Crippen LogP contribution in [0, 0.1) is 17.8 Å². The molecule has 0 radical (unpaired) electrons. The van der Waals surface area contributed by atoms with Crippen molar-refractivity contribution in [1.29, 1.82) is 0 Å². The number of nitrogens with zero attached hydrogens (tertiary/aromatic N) is 1. The molecule has 362 valence electrons. The van der Waals surface area contributed by atoms with E-state index in [1.807, 2.05) is 14.1 Å². The van der Waals surface area contributed by atoms with E-state index in [1.165, 1.54) is 116 Å². The first kappa shape index (κ1) is 59.3. The summed E-state index contributed by atoms with van der Waals surface area (Å²) >= 11 is 0. The summed E-state index contributed by atoms with van der Waals surface area (Å²) in [6.45, 7) is 12.5. The SMILES string of the molecule is CCCCCCC(CCCCC)CCOC(=O)CCCCCCCC(CCCCCCCC(=O)OCCC(CCCCC)CCCCCC)COC(=O)CCOCCN(C)C. The Labute approximate surface area is 378 Å². The second-order valence-corrected chi connectivity index (χ2v) is 18.8. The van der Waals surface area contributed by atoms with Crippen LogP contribution in [0.1, 0.15) is 252 Å². The molecule has 0 amide bonds. The number of carbonyl (C=O) groups excluding carboxylic acids is 3. The number of carbonyl (C=O) groups is 3. The first-order valence-electron chi connectivity index (χ1n) is 26.4. The third kappa shape index (κ3) is 43.4. The molecule has 0 aliphatic heterocycles. The van der Waals surface area contributed by atoms with Crippen LogP contribution < -0.4 is 0 Å². The van der Waals surface area contributed by atoms with E-state index in [2.05, 4.69) is 32.6 Å². The fourth-order valence-corrected chi connectivity index (χ4v) is 8.34. The zero-order chi connectivity index (χ0) is 44.9. The lowest BCUT2D eigenvalue weighted by Crippen LogP contribution is -2.20. The van der Waals surface area contributed by atoms with Crippen LogP contribution in [0.4, 0.5) is 0 Å². The minimum Gasteiger partial charge on any atom is -0.466 e. The first-order valence-corrected chi connectivity index (χ1v) is 26.4. The quantitative estimate of drug-likeness (QED) is 0.0339. The van der Waals surface area contributed by atoms with E-state index >= 15 is 0 Å². The Hall–Kier alpha value is -1.67. The Morgan fingerprint density at radius 2 is 0.705 bits per heavy atom. The monoisotopic (exact) mass is 866 g/mol. The number of hydrogen-bond acceptors (Lipinski definition) is 8. The minimum absolute atomic E-state index is 0.0341. The molecule has 0 aromatic heterocycles. The van der Waals surface area contributed by atoms with Gasteiger partial charge in [0.1, 0.15) is 0 Å². The van der Waals surface area contributed by atoms with Gasteiger partial charge in [-0.3, -0.25) is 14.4 Å². The van der Waals surface area contributed by atoms with E-state index < -0.39 is 0 Å². The van der Waals surface area contributed by atoms with Crippen LogP contribution in [0.15, 0.2) is 0 Å². The highest BCUT2D eigenvalue weighted by atomic mass is 16.5. The Morgan fingerprint density at radius 3 is 1.13 bits per heavy atom. The van der Waals surface area contributed by atoms with Gasteiger partial charge in [0.05, 0.1) is 39.5 Å². The second kappa shape index (κ2) is 46.3. The molecule has 0 N–H and O–H groups in total. The highest BCUT2D eigenvalue weighted by Crippen LogP contribution is 2.24. The van der Waals surface area contributed by atoms with Crippen LogP contribution in [0.5, 0.6) is 0 Å². The van der Waals surface area contributed by atoms with E-state index in [0.29, 0.717) is 70.1 Å². The van der Waals surface area contributed by atoms with Crippen LogP contribution in [0.2, 0.25) is 0 Å². The molecule has 0 spiro atoms. The number of hydrogen-bond donors (Lipinski definition) is 0. The summed E-state index contributed by atoms with van der Waals surface area (Å²) in [7, 11) is 4.02. The lowest BCUT2D eigenvalue weighted by atomic mass is 9.92. The maximum Gasteiger partial charge on any atom is 0.308 e. The summed E-state index contributed by atoms with van der Waals surface area (Å²) in [6.07, 6.45) is 39.3. The molecule has 0 aliphatic carbocycles. The average Bonchev–Trinajstić information content (AvgIpc) is 3.24. The van der Waals surface area contributed by atoms with Crippen molar-refractivity contribution >= 4 is 17.9 Å². The van der Waals surface area contributed by atoms with Gasteiger partial charge in [-0.05, 0) is 70.4 Å². The smallest absolute Gasteiger partial charge is 0.308 e. The van der Waals surface area contributed by atoms with E-state index in [4.69, 9.17) is 18.9 Å². The summed E-state index contributed by atoms with van der Waals surface area (Å²) in [5.74, 6) is 1.50. The number of rotatable bonds is 48. The predicted octanol–water partition coefficient (Wildman–Crippen LogP) is 14.8. The van der Waals surface area contributed by atoms with Crippen molar-refractivity contribution < 1.29 is 33.3 Å². The molecule has 8 heteroatoms. The van der Waals surface area contributed by atoms with Crippen LogP contribution in [0.3, 0.4) is 0 Å². The molecule has 61 heavy (non-hydrogen) atoms. The van der Waals surface area contributed by atoms with E-state index in [0.717, 1.165) is 96.4 Å². The highest BCUT2D eigenvalue weighted by molar-refractivity contribution is 5.70. The van der Waals surface area contributed by atoms with Crippen molar-refractivity contribution in [3.05, 3.63) is 0 Å². The van der Waals surface area contributed by atoms with Gasteiger partial charge in [-0.2, -0.15) is 0 Å². The lowest BCUT2D eigenvalue weighted by molar-refractivity contribution is -0.147. The van der Waals surface area contributed by atoms with Gasteiger partial charge < -0.3 is 23.8 Å². The largest absolute Gasteiger partial charge is 0.466 e. The molecule has 0 saturated carbocycles. The first-order chi connectivity index (χ1) is 29.7. The Kier molecular flexibility index (Phi) is 45.1. The third-order valence-corrected chi connectivity index (χ3v) is 12.5. The average molecular weight is 866 g/mol. The van der Waals surface area contributed by atoms with Gasteiger partial charge in [0.25, 0.3) is 0 Å². The van der Waals surface area contributed by atoms with Crippen molar-refractivity contribution in [3.8, 4) is 0 Å². The zero-order valence-electron chi connectivity index (χ0n) is 41.5. The van der Waals surface area contributed by atoms with Crippen LogP contribution in [0.25, 0.3) is 0 Å². The molecule has 0 fully saturated rings. The molecule has 0 heterocycles. The standard InChI is InChI=1S/C53H103NO7/c1-7-11-15-25-33-48(31-23-13-9-3)39-44-59-51(55)37-29-21-17-19-27-35-50(47-61-53(57)41-43-58-46-42-54(5)6)36-28-20-18-22-30-38-52(56)60-45-40-49(32-24-14-10-4)34-26-16-12-8-2/h48-50H,7-47H2,1-6H3. The molecule has 8 nitrogen and oxygen atoms in total. The fourth-order valence-electron chi connectivity index (χ4n) is 8.34. The summed E-state index contributed by atoms with van der Waals surface area (Å²) in [4.78, 5) is 39.5. The molecule has 2 unspecified atom stereocenters. The van der Waals surface area contributed by atoms with Crippen molar-refractivity contribution in [2.75, 3.05) is 53.7 Å². The van der Waals surface area contributed by atoms with Crippen molar-refractivity contribution in [2.45, 2.75) is 252 Å². The second-order valence-electron chi connectivity index (χ2n) is 18.8. The molecule has 0 aliphatic rings. The Morgan fingerprint density at radius 1 is 0.361 bits per heavy atom.